The maximum Gasteiger partial charge on any atom is 0.267 e. The van der Waals surface area contributed by atoms with Gasteiger partial charge in [0, 0.05) is 12.6 Å². The minimum atomic E-state index is 0.0126. The van der Waals surface area contributed by atoms with Crippen LogP contribution in [0.4, 0.5) is 0 Å². The minimum Gasteiger partial charge on any atom is -0.497 e. The summed E-state index contributed by atoms with van der Waals surface area (Å²) in [5, 5.41) is 0. The summed E-state index contributed by atoms with van der Waals surface area (Å²) in [6.07, 6.45) is 5.56. The molecule has 2 heterocycles. The Morgan fingerprint density at radius 3 is 2.75 bits per heavy atom. The molecule has 1 amide bonds. The highest BCUT2D eigenvalue weighted by Gasteiger charge is 2.34. The normalized spacial score (nSPS) is 24.0. The number of likely N-dealkylation sites (tertiary alicyclic amines) is 1. The van der Waals surface area contributed by atoms with Crippen molar-refractivity contribution in [2.45, 2.75) is 32.2 Å². The summed E-state index contributed by atoms with van der Waals surface area (Å²) in [7, 11) is 1.64. The third kappa shape index (κ3) is 3.82. The van der Waals surface area contributed by atoms with Crippen molar-refractivity contribution in [2.24, 2.45) is 0 Å². The quantitative estimate of drug-likeness (QED) is 0.602. The van der Waals surface area contributed by atoms with Gasteiger partial charge in [-0.15, -0.1) is 0 Å². The molecular weight excluding hydrogens is 340 g/mol. The molecule has 0 N–H and O–H groups in total. The van der Waals surface area contributed by atoms with E-state index in [0.29, 0.717) is 21.9 Å². The van der Waals surface area contributed by atoms with Gasteiger partial charge in [0.05, 0.1) is 18.7 Å². The van der Waals surface area contributed by atoms with E-state index in [4.69, 9.17) is 17.0 Å². The number of nitrogens with zero attached hydrogens (tertiary/aromatic N) is 2. The molecule has 1 atom stereocenters. The number of carbonyl (C=O) groups excluding carboxylic acids is 1. The lowest BCUT2D eigenvalue weighted by Gasteiger charge is -2.35. The number of amides is 1. The van der Waals surface area contributed by atoms with E-state index in [2.05, 4.69) is 11.8 Å². The summed E-state index contributed by atoms with van der Waals surface area (Å²) in [5.41, 5.74) is 0.975. The Hall–Kier alpha value is -1.37. The molecular formula is C18H22N2O2S2. The first-order valence-electron chi connectivity index (χ1n) is 8.22. The van der Waals surface area contributed by atoms with Gasteiger partial charge in [-0.2, -0.15) is 0 Å². The molecule has 24 heavy (non-hydrogen) atoms. The number of rotatable bonds is 4. The van der Waals surface area contributed by atoms with Crippen LogP contribution >= 0.6 is 24.0 Å². The Bertz CT molecular complexity index is 657. The molecule has 3 rings (SSSR count). The summed E-state index contributed by atoms with van der Waals surface area (Å²) in [5.74, 6) is 0.817. The Kier molecular flexibility index (Phi) is 5.58. The van der Waals surface area contributed by atoms with Gasteiger partial charge in [0.2, 0.25) is 0 Å². The maximum atomic E-state index is 12.7. The number of thioether (sulfide) groups is 1. The number of hydrogen-bond donors (Lipinski definition) is 0. The van der Waals surface area contributed by atoms with E-state index >= 15 is 0 Å². The number of benzene rings is 1. The third-order valence-electron chi connectivity index (χ3n) is 4.55. The zero-order chi connectivity index (χ0) is 17.1. The molecule has 2 fully saturated rings. The van der Waals surface area contributed by atoms with Crippen LogP contribution in [0.2, 0.25) is 0 Å². The van der Waals surface area contributed by atoms with Gasteiger partial charge in [0.25, 0.3) is 5.91 Å². The van der Waals surface area contributed by atoms with Crippen LogP contribution in [0.25, 0.3) is 6.08 Å². The zero-order valence-electron chi connectivity index (χ0n) is 14.0. The number of ether oxygens (including phenoxy) is 1. The van der Waals surface area contributed by atoms with Crippen LogP contribution in [-0.4, -0.2) is 46.4 Å². The average Bonchev–Trinajstić information content (AvgIpc) is 2.85. The first-order valence-corrected chi connectivity index (χ1v) is 9.44. The molecule has 0 spiro atoms. The van der Waals surface area contributed by atoms with Crippen LogP contribution in [0, 0.1) is 0 Å². The molecule has 0 bridgehead atoms. The fraction of sp³-hybridized carbons (Fsp3) is 0.444. The molecule has 0 saturated carbocycles. The lowest BCUT2D eigenvalue weighted by Crippen LogP contribution is -2.46. The van der Waals surface area contributed by atoms with Crippen LogP contribution in [0.5, 0.6) is 5.75 Å². The Balaban J connectivity index is 1.71. The van der Waals surface area contributed by atoms with Crippen molar-refractivity contribution in [3.8, 4) is 5.75 Å². The second-order valence-corrected chi connectivity index (χ2v) is 7.86. The highest BCUT2D eigenvalue weighted by molar-refractivity contribution is 8.26. The molecule has 6 heteroatoms. The lowest BCUT2D eigenvalue weighted by molar-refractivity contribution is -0.124. The summed E-state index contributed by atoms with van der Waals surface area (Å²) < 4.78 is 5.81. The van der Waals surface area contributed by atoms with Crippen molar-refractivity contribution in [1.29, 1.82) is 0 Å². The molecule has 0 aromatic heterocycles. The summed E-state index contributed by atoms with van der Waals surface area (Å²) >= 11 is 6.83. The largest absolute Gasteiger partial charge is 0.497 e. The Morgan fingerprint density at radius 1 is 1.33 bits per heavy atom. The van der Waals surface area contributed by atoms with Gasteiger partial charge in [-0.05, 0) is 43.5 Å². The van der Waals surface area contributed by atoms with Crippen LogP contribution in [0.15, 0.2) is 29.2 Å². The third-order valence-corrected chi connectivity index (χ3v) is 5.93. The van der Waals surface area contributed by atoms with Gasteiger partial charge in [0.1, 0.15) is 10.1 Å². The van der Waals surface area contributed by atoms with Crippen LogP contribution in [0.3, 0.4) is 0 Å². The van der Waals surface area contributed by atoms with E-state index in [9.17, 15) is 4.79 Å². The first kappa shape index (κ1) is 17.5. The van der Waals surface area contributed by atoms with E-state index in [0.717, 1.165) is 17.9 Å². The SMILES string of the molecule is COc1ccc(/C=C2\SC(=S)N(CN3CCCC[C@H]3C)C2=O)cc1. The fourth-order valence-electron chi connectivity index (χ4n) is 3.02. The van der Waals surface area contributed by atoms with Crippen molar-refractivity contribution in [3.05, 3.63) is 34.7 Å². The molecule has 2 aliphatic rings. The predicted molar refractivity (Wildman–Crippen MR) is 103 cm³/mol. The molecule has 2 aliphatic heterocycles. The number of hydrogen-bond acceptors (Lipinski definition) is 5. The van der Waals surface area contributed by atoms with Crippen molar-refractivity contribution in [1.82, 2.24) is 9.80 Å². The molecule has 4 nitrogen and oxygen atoms in total. The first-order chi connectivity index (χ1) is 11.6. The van der Waals surface area contributed by atoms with Gasteiger partial charge in [0.15, 0.2) is 0 Å². The van der Waals surface area contributed by atoms with Gasteiger partial charge in [-0.25, -0.2) is 0 Å². The lowest BCUT2D eigenvalue weighted by atomic mass is 10.0. The molecule has 2 saturated heterocycles. The van der Waals surface area contributed by atoms with E-state index < -0.39 is 0 Å². The molecule has 128 valence electrons. The van der Waals surface area contributed by atoms with Crippen molar-refractivity contribution in [2.75, 3.05) is 20.3 Å². The number of piperidine rings is 1. The summed E-state index contributed by atoms with van der Waals surface area (Å²) in [6.45, 7) is 3.87. The molecule has 0 radical (unpaired) electrons. The van der Waals surface area contributed by atoms with E-state index in [-0.39, 0.29) is 5.91 Å². The topological polar surface area (TPSA) is 32.8 Å². The highest BCUT2D eigenvalue weighted by atomic mass is 32.2. The van der Waals surface area contributed by atoms with E-state index in [1.54, 1.807) is 12.0 Å². The number of methoxy groups -OCH3 is 1. The number of carbonyl (C=O) groups is 1. The average molecular weight is 363 g/mol. The Morgan fingerprint density at radius 2 is 2.08 bits per heavy atom. The van der Waals surface area contributed by atoms with Crippen LogP contribution in [0.1, 0.15) is 31.7 Å². The van der Waals surface area contributed by atoms with Gasteiger partial charge < -0.3 is 4.74 Å². The molecule has 1 aromatic rings. The van der Waals surface area contributed by atoms with Gasteiger partial charge in [-0.1, -0.05) is 42.5 Å². The van der Waals surface area contributed by atoms with Crippen LogP contribution in [-0.2, 0) is 4.79 Å². The van der Waals surface area contributed by atoms with E-state index in [1.807, 2.05) is 30.3 Å². The monoisotopic (exact) mass is 362 g/mol. The maximum absolute atomic E-state index is 12.7. The van der Waals surface area contributed by atoms with Crippen molar-refractivity contribution in [3.63, 3.8) is 0 Å². The second kappa shape index (κ2) is 7.68. The van der Waals surface area contributed by atoms with Gasteiger partial charge >= 0.3 is 0 Å². The fourth-order valence-corrected chi connectivity index (χ4v) is 4.26. The predicted octanol–water partition coefficient (Wildman–Crippen LogP) is 3.73. The summed E-state index contributed by atoms with van der Waals surface area (Å²) in [4.78, 5) is 17.5. The van der Waals surface area contributed by atoms with Crippen molar-refractivity contribution < 1.29 is 9.53 Å². The molecule has 0 aliphatic carbocycles. The summed E-state index contributed by atoms with van der Waals surface area (Å²) in [6, 6.07) is 8.18. The Labute approximate surface area is 152 Å². The smallest absolute Gasteiger partial charge is 0.267 e. The van der Waals surface area contributed by atoms with E-state index in [1.165, 1.54) is 31.0 Å². The zero-order valence-corrected chi connectivity index (χ0v) is 15.7. The second-order valence-electron chi connectivity index (χ2n) is 6.18. The minimum absolute atomic E-state index is 0.0126. The highest BCUT2D eigenvalue weighted by Crippen LogP contribution is 2.33. The van der Waals surface area contributed by atoms with Gasteiger partial charge in [-0.3, -0.25) is 14.6 Å². The molecule has 0 unspecified atom stereocenters. The van der Waals surface area contributed by atoms with Crippen molar-refractivity contribution >= 4 is 40.3 Å². The standard InChI is InChI=1S/C18H22N2O2S2/c1-13-5-3-4-10-19(13)12-20-17(21)16(24-18(20)23)11-14-6-8-15(22-2)9-7-14/h6-9,11,13H,3-5,10,12H2,1-2H3/b16-11-/t13-/m1/s1. The van der Waals surface area contributed by atoms with Crippen LogP contribution < -0.4 is 4.74 Å². The molecule has 1 aromatic carbocycles. The number of thiocarbonyl (C=S) groups is 1.